The van der Waals surface area contributed by atoms with Gasteiger partial charge in [-0.1, -0.05) is 12.8 Å². The Bertz CT molecular complexity index is 446. The lowest BCUT2D eigenvalue weighted by molar-refractivity contribution is -0.0866. The van der Waals surface area contributed by atoms with Gasteiger partial charge in [0.2, 0.25) is 5.22 Å². The van der Waals surface area contributed by atoms with Crippen LogP contribution in [0.1, 0.15) is 48.9 Å². The molecule has 1 spiro atoms. The first-order valence-corrected chi connectivity index (χ1v) is 6.99. The van der Waals surface area contributed by atoms with Crippen LogP contribution in [0.25, 0.3) is 0 Å². The van der Waals surface area contributed by atoms with Gasteiger partial charge in [-0.3, -0.25) is 4.79 Å². The molecule has 3 rings (SSSR count). The molecule has 2 heterocycles. The monoisotopic (exact) mass is 268 g/mol. The zero-order valence-corrected chi connectivity index (χ0v) is 11.0. The van der Waals surface area contributed by atoms with Crippen LogP contribution in [0, 0.1) is 5.92 Å². The summed E-state index contributed by atoms with van der Waals surface area (Å²) in [6.07, 6.45) is 7.72. The average Bonchev–Trinajstić information content (AvgIpc) is 2.98. The van der Waals surface area contributed by atoms with E-state index in [4.69, 9.17) is 20.8 Å². The summed E-state index contributed by atoms with van der Waals surface area (Å²) in [5.74, 6) is 0.148. The first kappa shape index (κ1) is 12.2. The number of ketones is 1. The summed E-state index contributed by atoms with van der Waals surface area (Å²) in [7, 11) is 0. The van der Waals surface area contributed by atoms with E-state index in [0.717, 1.165) is 25.7 Å². The molecule has 1 aliphatic heterocycles. The average molecular weight is 269 g/mol. The molecule has 1 unspecified atom stereocenters. The fourth-order valence-electron chi connectivity index (χ4n) is 3.31. The first-order chi connectivity index (χ1) is 8.70. The van der Waals surface area contributed by atoms with E-state index >= 15 is 0 Å². The van der Waals surface area contributed by atoms with E-state index in [-0.39, 0.29) is 22.5 Å². The van der Waals surface area contributed by atoms with Crippen molar-refractivity contribution in [3.05, 3.63) is 23.1 Å². The zero-order chi connectivity index (χ0) is 12.6. The molecule has 18 heavy (non-hydrogen) atoms. The maximum absolute atomic E-state index is 12.4. The molecule has 4 heteroatoms. The maximum atomic E-state index is 12.4. The molecule has 98 valence electrons. The van der Waals surface area contributed by atoms with E-state index in [1.807, 2.05) is 0 Å². The summed E-state index contributed by atoms with van der Waals surface area (Å²) in [4.78, 5) is 12.4. The van der Waals surface area contributed by atoms with E-state index in [0.29, 0.717) is 12.2 Å². The molecule has 0 bridgehead atoms. The fraction of sp³-hybridized carbons (Fsp3) is 0.643. The summed E-state index contributed by atoms with van der Waals surface area (Å²) in [6.45, 7) is 0.686. The second kappa shape index (κ2) is 4.71. The van der Waals surface area contributed by atoms with Gasteiger partial charge in [0.25, 0.3) is 0 Å². The summed E-state index contributed by atoms with van der Waals surface area (Å²) >= 11 is 5.89. The second-order valence-electron chi connectivity index (χ2n) is 5.40. The largest absolute Gasteiger partial charge is 0.452 e. The van der Waals surface area contributed by atoms with Crippen molar-refractivity contribution in [1.82, 2.24) is 0 Å². The van der Waals surface area contributed by atoms with Crippen LogP contribution in [0.2, 0.25) is 5.22 Å². The molecule has 1 aliphatic carbocycles. The fourth-order valence-corrected chi connectivity index (χ4v) is 3.52. The number of hydrogen-bond donors (Lipinski definition) is 0. The Kier molecular flexibility index (Phi) is 3.20. The van der Waals surface area contributed by atoms with Gasteiger partial charge in [-0.15, -0.1) is 0 Å². The van der Waals surface area contributed by atoms with Gasteiger partial charge in [-0.05, 0) is 43.4 Å². The predicted octanol–water partition coefficient (Wildman–Crippen LogP) is 3.86. The maximum Gasteiger partial charge on any atom is 0.203 e. The Labute approximate surface area is 111 Å². The van der Waals surface area contributed by atoms with Gasteiger partial charge in [0.1, 0.15) is 0 Å². The van der Waals surface area contributed by atoms with Crippen molar-refractivity contribution in [3.8, 4) is 0 Å². The number of halogens is 1. The lowest BCUT2D eigenvalue weighted by atomic mass is 9.81. The molecule has 1 aromatic rings. The Hall–Kier alpha value is -0.800. The van der Waals surface area contributed by atoms with Crippen molar-refractivity contribution in [2.24, 2.45) is 5.92 Å². The van der Waals surface area contributed by atoms with Crippen LogP contribution < -0.4 is 0 Å². The highest BCUT2D eigenvalue weighted by Gasteiger charge is 2.42. The molecular formula is C14H17ClO3. The highest BCUT2D eigenvalue weighted by molar-refractivity contribution is 6.32. The Morgan fingerprint density at radius 1 is 1.39 bits per heavy atom. The third-order valence-electron chi connectivity index (χ3n) is 4.26. The molecule has 1 aromatic heterocycles. The van der Waals surface area contributed by atoms with Gasteiger partial charge in [0.15, 0.2) is 5.78 Å². The Morgan fingerprint density at radius 2 is 2.17 bits per heavy atom. The molecule has 0 amide bonds. The van der Waals surface area contributed by atoms with Crippen molar-refractivity contribution in [2.75, 3.05) is 6.61 Å². The van der Waals surface area contributed by atoms with Gasteiger partial charge >= 0.3 is 0 Å². The highest BCUT2D eigenvalue weighted by Crippen LogP contribution is 2.43. The van der Waals surface area contributed by atoms with Crippen molar-refractivity contribution in [2.45, 2.75) is 44.1 Å². The Morgan fingerprint density at radius 3 is 2.83 bits per heavy atom. The highest BCUT2D eigenvalue weighted by atomic mass is 35.5. The third kappa shape index (κ3) is 2.10. The topological polar surface area (TPSA) is 39.4 Å². The van der Waals surface area contributed by atoms with Crippen LogP contribution >= 0.6 is 11.6 Å². The summed E-state index contributed by atoms with van der Waals surface area (Å²) in [5.41, 5.74) is 0.492. The van der Waals surface area contributed by atoms with Crippen LogP contribution in [-0.2, 0) is 4.74 Å². The lowest BCUT2D eigenvalue weighted by Crippen LogP contribution is -2.39. The van der Waals surface area contributed by atoms with E-state index in [1.54, 1.807) is 6.07 Å². The standard InChI is InChI=1S/C14H17ClO3/c15-13-11(4-7-17-13)12(16)10-3-8-18-14(9-10)5-1-2-6-14/h4,7,10H,1-3,5-6,8-9H2. The first-order valence-electron chi connectivity index (χ1n) is 6.61. The number of ether oxygens (including phenoxy) is 1. The van der Waals surface area contributed by atoms with Gasteiger partial charge in [0, 0.05) is 12.5 Å². The zero-order valence-electron chi connectivity index (χ0n) is 10.3. The number of carbonyl (C=O) groups is 1. The van der Waals surface area contributed by atoms with Crippen molar-refractivity contribution in [1.29, 1.82) is 0 Å². The molecule has 1 saturated carbocycles. The van der Waals surface area contributed by atoms with Crippen LogP contribution in [0.3, 0.4) is 0 Å². The van der Waals surface area contributed by atoms with Crippen LogP contribution in [0.5, 0.6) is 0 Å². The number of rotatable bonds is 2. The molecule has 0 radical (unpaired) electrons. The van der Waals surface area contributed by atoms with E-state index in [1.165, 1.54) is 19.1 Å². The number of carbonyl (C=O) groups excluding carboxylic acids is 1. The molecular weight excluding hydrogens is 252 g/mol. The van der Waals surface area contributed by atoms with Gasteiger partial charge < -0.3 is 9.15 Å². The van der Waals surface area contributed by atoms with Crippen LogP contribution in [-0.4, -0.2) is 18.0 Å². The third-order valence-corrected chi connectivity index (χ3v) is 4.55. The summed E-state index contributed by atoms with van der Waals surface area (Å²) < 4.78 is 11.0. The molecule has 3 nitrogen and oxygen atoms in total. The van der Waals surface area contributed by atoms with Crippen molar-refractivity contribution < 1.29 is 13.9 Å². The predicted molar refractivity (Wildman–Crippen MR) is 67.9 cm³/mol. The van der Waals surface area contributed by atoms with E-state index in [2.05, 4.69) is 0 Å². The molecule has 0 N–H and O–H groups in total. The molecule has 1 atom stereocenters. The van der Waals surface area contributed by atoms with Gasteiger partial charge in [-0.25, -0.2) is 0 Å². The molecule has 2 fully saturated rings. The molecule has 0 aromatic carbocycles. The van der Waals surface area contributed by atoms with Gasteiger partial charge in [0.05, 0.1) is 17.4 Å². The second-order valence-corrected chi connectivity index (χ2v) is 5.74. The quantitative estimate of drug-likeness (QED) is 0.765. The summed E-state index contributed by atoms with van der Waals surface area (Å²) in [5, 5.41) is 0.215. The van der Waals surface area contributed by atoms with Crippen molar-refractivity contribution in [3.63, 3.8) is 0 Å². The minimum Gasteiger partial charge on any atom is -0.452 e. The SMILES string of the molecule is O=C(c1ccoc1Cl)C1CCOC2(CCCC2)C1. The minimum absolute atomic E-state index is 0.0329. The molecule has 1 saturated heterocycles. The number of Topliss-reactive ketones (excluding diaryl/α,β-unsaturated/α-hetero) is 1. The number of hydrogen-bond acceptors (Lipinski definition) is 3. The smallest absolute Gasteiger partial charge is 0.203 e. The molecule has 2 aliphatic rings. The van der Waals surface area contributed by atoms with Crippen LogP contribution in [0.15, 0.2) is 16.7 Å². The Balaban J connectivity index is 1.76. The van der Waals surface area contributed by atoms with E-state index in [9.17, 15) is 4.79 Å². The lowest BCUT2D eigenvalue weighted by Gasteiger charge is -2.37. The van der Waals surface area contributed by atoms with Crippen molar-refractivity contribution >= 4 is 17.4 Å². The minimum atomic E-state index is -0.0329. The summed E-state index contributed by atoms with van der Waals surface area (Å²) in [6, 6.07) is 1.67. The van der Waals surface area contributed by atoms with Gasteiger partial charge in [-0.2, -0.15) is 0 Å². The number of furan rings is 1. The van der Waals surface area contributed by atoms with Crippen LogP contribution in [0.4, 0.5) is 0 Å². The normalized spacial score (nSPS) is 26.6. The van der Waals surface area contributed by atoms with E-state index < -0.39 is 0 Å².